The predicted molar refractivity (Wildman–Crippen MR) is 207 cm³/mol. The summed E-state index contributed by atoms with van der Waals surface area (Å²) in [6.45, 7) is 1.51. The highest BCUT2D eigenvalue weighted by atomic mass is 32.1. The van der Waals surface area contributed by atoms with Crippen LogP contribution in [0.3, 0.4) is 0 Å². The molecule has 2 heterocycles. The lowest BCUT2D eigenvalue weighted by Gasteiger charge is -2.20. The molecule has 3 N–H and O–H groups in total. The van der Waals surface area contributed by atoms with Gasteiger partial charge >= 0.3 is 0 Å². The number of hydrogen-bond donors (Lipinski definition) is 3. The molecule has 0 fully saturated rings. The van der Waals surface area contributed by atoms with Gasteiger partial charge in [0.15, 0.2) is 22.2 Å². The minimum absolute atomic E-state index is 0.0267. The Morgan fingerprint density at radius 1 is 0.926 bits per heavy atom. The van der Waals surface area contributed by atoms with Crippen molar-refractivity contribution in [1.82, 2.24) is 15.6 Å². The predicted octanol–water partition coefficient (Wildman–Crippen LogP) is 6.57. The monoisotopic (exact) mass is 746 g/mol. The Morgan fingerprint density at radius 3 is 2.41 bits per heavy atom. The number of ether oxygens (including phenoxy) is 3. The highest BCUT2D eigenvalue weighted by molar-refractivity contribution is 7.22. The average molecular weight is 747 g/mol. The summed E-state index contributed by atoms with van der Waals surface area (Å²) in [5.74, 6) is 0.719. The van der Waals surface area contributed by atoms with E-state index in [-0.39, 0.29) is 42.7 Å². The van der Waals surface area contributed by atoms with Crippen LogP contribution in [-0.4, -0.2) is 50.6 Å². The summed E-state index contributed by atoms with van der Waals surface area (Å²) < 4.78 is 24.7. The van der Waals surface area contributed by atoms with Gasteiger partial charge in [0.25, 0.3) is 0 Å². The largest absolute Gasteiger partial charge is 0.493 e. The van der Waals surface area contributed by atoms with Crippen LogP contribution in [0.15, 0.2) is 82.0 Å². The van der Waals surface area contributed by atoms with Gasteiger partial charge in [-0.15, -0.1) is 0 Å². The maximum atomic E-state index is 14.2. The topological polar surface area (TPSA) is 158 Å². The number of aryl methyl sites for hydroxylation is 1. The smallest absolute Gasteiger partial charge is 0.227 e. The van der Waals surface area contributed by atoms with E-state index in [0.29, 0.717) is 74.2 Å². The van der Waals surface area contributed by atoms with E-state index in [2.05, 4.69) is 20.9 Å². The normalized spacial score (nSPS) is 13.4. The number of hydrogen-bond acceptors (Lipinski definition) is 10. The summed E-state index contributed by atoms with van der Waals surface area (Å²) in [5.41, 5.74) is 4.33. The third-order valence-electron chi connectivity index (χ3n) is 9.38. The zero-order valence-electron chi connectivity index (χ0n) is 30.2. The Bertz CT molecular complexity index is 2440. The van der Waals surface area contributed by atoms with Gasteiger partial charge in [0.2, 0.25) is 28.9 Å². The molecule has 3 amide bonds. The maximum Gasteiger partial charge on any atom is 0.227 e. The number of nitrogens with one attached hydrogen (secondary N) is 3. The van der Waals surface area contributed by atoms with Crippen LogP contribution in [0, 0.1) is 0 Å². The van der Waals surface area contributed by atoms with Crippen molar-refractivity contribution >= 4 is 55.4 Å². The first-order valence-corrected chi connectivity index (χ1v) is 18.2. The number of rotatable bonds is 11. The molecule has 0 saturated carbocycles. The molecule has 4 aromatic carbocycles. The van der Waals surface area contributed by atoms with Crippen LogP contribution in [0.25, 0.3) is 43.6 Å². The second-order valence-electron chi connectivity index (χ2n) is 12.8. The van der Waals surface area contributed by atoms with Gasteiger partial charge in [-0.25, -0.2) is 4.98 Å². The Morgan fingerprint density at radius 2 is 1.69 bits per heavy atom. The molecular weight excluding hydrogens is 709 g/mol. The standard InChI is InChI=1S/C41H38N4O8S/c1-22(46)43-29-15-14-24-18-32(50-2)39(51-3)40(52-4)36(24)26-19-27-28(37(23-10-6-5-7-11-23)53-38(27)31(47)20-25(26)29)21-35(49)42-17-16-34(48)45-41-44-30-12-8-9-13-33(30)54-41/h5-13,18-20,29H,14-17,21H2,1-4H3,(H,42,49)(H,43,46)(H,44,45,48). The van der Waals surface area contributed by atoms with E-state index in [1.807, 2.05) is 66.7 Å². The molecule has 0 aliphatic heterocycles. The first-order valence-electron chi connectivity index (χ1n) is 17.4. The van der Waals surface area contributed by atoms with Crippen molar-refractivity contribution in [3.63, 3.8) is 0 Å². The number of anilines is 1. The molecule has 13 heteroatoms. The first-order chi connectivity index (χ1) is 26.2. The highest BCUT2D eigenvalue weighted by Gasteiger charge is 2.31. The van der Waals surface area contributed by atoms with Crippen LogP contribution in [0.1, 0.15) is 42.5 Å². The van der Waals surface area contributed by atoms with Gasteiger partial charge in [0.05, 0.1) is 44.0 Å². The van der Waals surface area contributed by atoms with Crippen molar-refractivity contribution in [1.29, 1.82) is 0 Å². The van der Waals surface area contributed by atoms with Gasteiger partial charge in [0, 0.05) is 42.0 Å². The molecule has 1 aliphatic carbocycles. The number of aromatic nitrogens is 1. The van der Waals surface area contributed by atoms with Crippen LogP contribution in [0.2, 0.25) is 0 Å². The number of benzene rings is 3. The molecule has 6 aromatic rings. The number of carbonyl (C=O) groups excluding carboxylic acids is 3. The lowest BCUT2D eigenvalue weighted by molar-refractivity contribution is -0.121. The zero-order valence-corrected chi connectivity index (χ0v) is 31.0. The van der Waals surface area contributed by atoms with Gasteiger partial charge in [-0.3, -0.25) is 19.2 Å². The molecule has 276 valence electrons. The summed E-state index contributed by atoms with van der Waals surface area (Å²) in [5, 5.41) is 9.60. The molecule has 2 aromatic heterocycles. The molecule has 1 atom stereocenters. The molecule has 54 heavy (non-hydrogen) atoms. The van der Waals surface area contributed by atoms with E-state index < -0.39 is 11.5 Å². The van der Waals surface area contributed by atoms with Crippen molar-refractivity contribution in [2.45, 2.75) is 38.6 Å². The molecule has 0 radical (unpaired) electrons. The Balaban J connectivity index is 1.30. The maximum absolute atomic E-state index is 14.2. The van der Waals surface area contributed by atoms with E-state index in [0.717, 1.165) is 15.8 Å². The number of nitrogens with zero attached hydrogens (tertiary/aromatic N) is 1. The van der Waals surface area contributed by atoms with E-state index in [9.17, 15) is 19.2 Å². The Hall–Kier alpha value is -6.21. The lowest BCUT2D eigenvalue weighted by Crippen LogP contribution is -2.29. The second-order valence-corrected chi connectivity index (χ2v) is 13.9. The van der Waals surface area contributed by atoms with Gasteiger partial charge < -0.3 is 34.6 Å². The molecule has 0 spiro atoms. The quantitative estimate of drug-likeness (QED) is 0.133. The summed E-state index contributed by atoms with van der Waals surface area (Å²) in [6, 6.07) is 21.5. The number of para-hydroxylation sites is 1. The van der Waals surface area contributed by atoms with E-state index in [1.165, 1.54) is 38.5 Å². The number of thiazole rings is 1. The SMILES string of the molecule is COc1cc2c(c(OC)c1OC)-c1cc3c(CC(=O)NCCC(=O)Nc4nc5ccccc5s4)c(-c4ccccc4)oc3c(=O)cc1C(NC(C)=O)CC2. The minimum Gasteiger partial charge on any atom is -0.493 e. The van der Waals surface area contributed by atoms with E-state index in [1.54, 1.807) is 7.11 Å². The second kappa shape index (κ2) is 15.4. The molecule has 1 unspecified atom stereocenters. The fourth-order valence-corrected chi connectivity index (χ4v) is 7.91. The average Bonchev–Trinajstić information content (AvgIpc) is 3.66. The number of methoxy groups -OCH3 is 3. The van der Waals surface area contributed by atoms with Crippen LogP contribution >= 0.6 is 11.3 Å². The van der Waals surface area contributed by atoms with Crippen LogP contribution in [0.5, 0.6) is 17.2 Å². The number of fused-ring (bicyclic) bond motifs is 5. The van der Waals surface area contributed by atoms with Gasteiger partial charge in [-0.05, 0) is 59.9 Å². The zero-order chi connectivity index (χ0) is 37.9. The highest BCUT2D eigenvalue weighted by Crippen LogP contribution is 2.51. The lowest BCUT2D eigenvalue weighted by atomic mass is 9.94. The van der Waals surface area contributed by atoms with Crippen molar-refractivity contribution in [2.75, 3.05) is 33.2 Å². The van der Waals surface area contributed by atoms with E-state index >= 15 is 0 Å². The van der Waals surface area contributed by atoms with Crippen molar-refractivity contribution < 1.29 is 33.0 Å². The van der Waals surface area contributed by atoms with E-state index in [4.69, 9.17) is 18.6 Å². The van der Waals surface area contributed by atoms with Crippen molar-refractivity contribution in [2.24, 2.45) is 0 Å². The van der Waals surface area contributed by atoms with Crippen molar-refractivity contribution in [3.8, 4) is 39.7 Å². The Kier molecular flexibility index (Phi) is 10.3. The Labute approximate surface area is 314 Å². The molecule has 0 bridgehead atoms. The van der Waals surface area contributed by atoms with Gasteiger partial charge in [-0.1, -0.05) is 53.8 Å². The number of carbonyl (C=O) groups is 3. The fraction of sp³-hybridized carbons (Fsp3) is 0.244. The van der Waals surface area contributed by atoms with Crippen molar-refractivity contribution in [3.05, 3.63) is 99.7 Å². The minimum atomic E-state index is -0.523. The summed E-state index contributed by atoms with van der Waals surface area (Å²) in [6.07, 6.45) is 0.883. The van der Waals surface area contributed by atoms with Crippen LogP contribution in [-0.2, 0) is 27.2 Å². The summed E-state index contributed by atoms with van der Waals surface area (Å²) in [7, 11) is 4.60. The molecule has 12 nitrogen and oxygen atoms in total. The molecule has 7 rings (SSSR count). The third-order valence-corrected chi connectivity index (χ3v) is 10.3. The molecular formula is C41H38N4O8S. The molecule has 1 aliphatic rings. The van der Waals surface area contributed by atoms with Crippen LogP contribution < -0.4 is 35.6 Å². The van der Waals surface area contributed by atoms with Gasteiger partial charge in [0.1, 0.15) is 5.76 Å². The van der Waals surface area contributed by atoms with Gasteiger partial charge in [-0.2, -0.15) is 0 Å². The van der Waals surface area contributed by atoms with Crippen LogP contribution in [0.4, 0.5) is 5.13 Å². The number of amides is 3. The fourth-order valence-electron chi connectivity index (χ4n) is 7.02. The summed E-state index contributed by atoms with van der Waals surface area (Å²) in [4.78, 5) is 57.5. The third kappa shape index (κ3) is 7.09. The molecule has 0 saturated heterocycles. The summed E-state index contributed by atoms with van der Waals surface area (Å²) >= 11 is 1.38. The first kappa shape index (κ1) is 36.2. The number of furan rings is 1.